The number of aromatic nitrogens is 1. The van der Waals surface area contributed by atoms with E-state index in [1.807, 2.05) is 59.9 Å². The molecule has 0 aromatic carbocycles. The van der Waals surface area contributed by atoms with Gasteiger partial charge in [0.25, 0.3) is 0 Å². The quantitative estimate of drug-likeness (QED) is 0.643. The van der Waals surface area contributed by atoms with E-state index in [9.17, 15) is 0 Å². The highest BCUT2D eigenvalue weighted by atomic mass is 15.1. The van der Waals surface area contributed by atoms with Crippen molar-refractivity contribution in [2.75, 3.05) is 4.90 Å². The topological polar surface area (TPSA) is 16.1 Å². The SMILES string of the molecule is C1=CC=CN(c2cccnc2)C=C1. The zero-order chi connectivity index (χ0) is 8.93. The van der Waals surface area contributed by atoms with Gasteiger partial charge in [-0.1, -0.05) is 12.2 Å². The van der Waals surface area contributed by atoms with Crippen molar-refractivity contribution in [2.45, 2.75) is 0 Å². The lowest BCUT2D eigenvalue weighted by Crippen LogP contribution is -2.05. The van der Waals surface area contributed by atoms with Crippen LogP contribution in [0.1, 0.15) is 0 Å². The molecule has 0 fully saturated rings. The number of anilines is 1. The molecule has 0 saturated carbocycles. The van der Waals surface area contributed by atoms with Gasteiger partial charge in [-0.2, -0.15) is 0 Å². The first kappa shape index (κ1) is 7.80. The fourth-order valence-corrected chi connectivity index (χ4v) is 1.14. The molecule has 0 unspecified atom stereocenters. The second kappa shape index (κ2) is 3.72. The molecule has 0 aliphatic carbocycles. The van der Waals surface area contributed by atoms with Gasteiger partial charge in [-0.05, 0) is 24.3 Å². The van der Waals surface area contributed by atoms with Crippen molar-refractivity contribution < 1.29 is 0 Å². The van der Waals surface area contributed by atoms with E-state index in [2.05, 4.69) is 4.98 Å². The predicted octanol–water partition coefficient (Wildman–Crippen LogP) is 2.49. The van der Waals surface area contributed by atoms with Gasteiger partial charge in [0.15, 0.2) is 0 Å². The summed E-state index contributed by atoms with van der Waals surface area (Å²) in [6.45, 7) is 0. The molecule has 0 radical (unpaired) electrons. The van der Waals surface area contributed by atoms with Crippen molar-refractivity contribution in [3.8, 4) is 0 Å². The average Bonchev–Trinajstić information content (AvgIpc) is 2.47. The summed E-state index contributed by atoms with van der Waals surface area (Å²) < 4.78 is 0. The molecule has 0 N–H and O–H groups in total. The van der Waals surface area contributed by atoms with Gasteiger partial charge >= 0.3 is 0 Å². The fraction of sp³-hybridized carbons (Fsp3) is 0. The minimum absolute atomic E-state index is 1.07. The molecule has 0 amide bonds. The Morgan fingerprint density at radius 2 is 1.77 bits per heavy atom. The molecule has 0 bridgehead atoms. The van der Waals surface area contributed by atoms with Crippen LogP contribution in [0.25, 0.3) is 0 Å². The van der Waals surface area contributed by atoms with E-state index in [4.69, 9.17) is 0 Å². The van der Waals surface area contributed by atoms with Crippen molar-refractivity contribution in [1.29, 1.82) is 0 Å². The Balaban J connectivity index is 2.27. The highest BCUT2D eigenvalue weighted by Gasteiger charge is 1.97. The van der Waals surface area contributed by atoms with Crippen molar-refractivity contribution in [3.63, 3.8) is 0 Å². The number of hydrogen-bond donors (Lipinski definition) is 0. The van der Waals surface area contributed by atoms with Gasteiger partial charge in [-0.3, -0.25) is 4.98 Å². The zero-order valence-electron chi connectivity index (χ0n) is 7.17. The first-order valence-electron chi connectivity index (χ1n) is 4.17. The van der Waals surface area contributed by atoms with Crippen molar-refractivity contribution in [2.24, 2.45) is 0 Å². The first-order valence-corrected chi connectivity index (χ1v) is 4.17. The highest BCUT2D eigenvalue weighted by Crippen LogP contribution is 2.13. The third-order valence-electron chi connectivity index (χ3n) is 1.77. The van der Waals surface area contributed by atoms with E-state index in [1.54, 1.807) is 6.20 Å². The van der Waals surface area contributed by atoms with Crippen LogP contribution < -0.4 is 4.90 Å². The highest BCUT2D eigenvalue weighted by molar-refractivity contribution is 5.51. The van der Waals surface area contributed by atoms with Gasteiger partial charge < -0.3 is 4.90 Å². The minimum Gasteiger partial charge on any atom is -0.322 e. The van der Waals surface area contributed by atoms with Gasteiger partial charge in [-0.15, -0.1) is 0 Å². The van der Waals surface area contributed by atoms with Gasteiger partial charge in [-0.25, -0.2) is 0 Å². The number of pyridine rings is 1. The molecule has 0 atom stereocenters. The third kappa shape index (κ3) is 1.85. The molecule has 2 rings (SSSR count). The maximum Gasteiger partial charge on any atom is 0.0633 e. The smallest absolute Gasteiger partial charge is 0.0633 e. The summed E-state index contributed by atoms with van der Waals surface area (Å²) in [7, 11) is 0. The molecular formula is C11H10N2. The van der Waals surface area contributed by atoms with Gasteiger partial charge in [0.1, 0.15) is 0 Å². The summed E-state index contributed by atoms with van der Waals surface area (Å²) in [6, 6.07) is 3.95. The monoisotopic (exact) mass is 170 g/mol. The lowest BCUT2D eigenvalue weighted by atomic mass is 10.4. The van der Waals surface area contributed by atoms with E-state index < -0.39 is 0 Å². The summed E-state index contributed by atoms with van der Waals surface area (Å²) in [6.07, 6.45) is 15.6. The molecule has 1 aromatic rings. The maximum absolute atomic E-state index is 4.06. The molecule has 0 spiro atoms. The Morgan fingerprint density at radius 3 is 2.38 bits per heavy atom. The molecule has 1 aliphatic rings. The molecular weight excluding hydrogens is 160 g/mol. The lowest BCUT2D eigenvalue weighted by molar-refractivity contribution is 1.23. The van der Waals surface area contributed by atoms with Gasteiger partial charge in [0.05, 0.1) is 11.9 Å². The predicted molar refractivity (Wildman–Crippen MR) is 54.1 cm³/mol. The molecule has 1 aromatic heterocycles. The van der Waals surface area contributed by atoms with Crippen LogP contribution in [0.3, 0.4) is 0 Å². The molecule has 2 heterocycles. The van der Waals surface area contributed by atoms with E-state index >= 15 is 0 Å². The number of hydrogen-bond acceptors (Lipinski definition) is 2. The third-order valence-corrected chi connectivity index (χ3v) is 1.77. The van der Waals surface area contributed by atoms with Crippen LogP contribution in [0.15, 0.2) is 61.2 Å². The summed E-state index contributed by atoms with van der Waals surface area (Å²) in [5.41, 5.74) is 1.07. The Hall–Kier alpha value is -1.83. The molecule has 2 heteroatoms. The van der Waals surface area contributed by atoms with Gasteiger partial charge in [0, 0.05) is 18.6 Å². The Labute approximate surface area is 77.5 Å². The van der Waals surface area contributed by atoms with Crippen LogP contribution in [0.4, 0.5) is 5.69 Å². The summed E-state index contributed by atoms with van der Waals surface area (Å²) in [5.74, 6) is 0. The zero-order valence-corrected chi connectivity index (χ0v) is 7.17. The molecule has 0 saturated heterocycles. The second-order valence-corrected chi connectivity index (χ2v) is 2.69. The molecule has 13 heavy (non-hydrogen) atoms. The van der Waals surface area contributed by atoms with Crippen molar-refractivity contribution >= 4 is 5.69 Å². The largest absolute Gasteiger partial charge is 0.322 e. The van der Waals surface area contributed by atoms with E-state index in [1.165, 1.54) is 0 Å². The Bertz CT molecular complexity index is 334. The maximum atomic E-state index is 4.06. The summed E-state index contributed by atoms with van der Waals surface area (Å²) in [4.78, 5) is 6.08. The van der Waals surface area contributed by atoms with Gasteiger partial charge in [0.2, 0.25) is 0 Å². The van der Waals surface area contributed by atoms with Crippen LogP contribution in [0.2, 0.25) is 0 Å². The lowest BCUT2D eigenvalue weighted by Gasteiger charge is -2.13. The van der Waals surface area contributed by atoms with Crippen LogP contribution in [0.5, 0.6) is 0 Å². The van der Waals surface area contributed by atoms with Crippen LogP contribution in [-0.4, -0.2) is 4.98 Å². The average molecular weight is 170 g/mol. The Kier molecular flexibility index (Phi) is 2.23. The standard InChI is InChI=1S/C11H10N2/c1-2-4-9-13(8-3-1)11-6-5-7-12-10-11/h1-10H. The fourth-order valence-electron chi connectivity index (χ4n) is 1.14. The Morgan fingerprint density at radius 1 is 1.00 bits per heavy atom. The summed E-state index contributed by atoms with van der Waals surface area (Å²) >= 11 is 0. The normalized spacial score (nSPS) is 14.6. The van der Waals surface area contributed by atoms with E-state index in [0.717, 1.165) is 5.69 Å². The molecule has 64 valence electrons. The molecule has 1 aliphatic heterocycles. The molecule has 2 nitrogen and oxygen atoms in total. The minimum atomic E-state index is 1.07. The number of rotatable bonds is 1. The second-order valence-electron chi connectivity index (χ2n) is 2.69. The summed E-state index contributed by atoms with van der Waals surface area (Å²) in [5, 5.41) is 0. The van der Waals surface area contributed by atoms with Crippen molar-refractivity contribution in [1.82, 2.24) is 4.98 Å². The van der Waals surface area contributed by atoms with Crippen LogP contribution >= 0.6 is 0 Å². The van der Waals surface area contributed by atoms with E-state index in [-0.39, 0.29) is 0 Å². The van der Waals surface area contributed by atoms with Crippen LogP contribution in [-0.2, 0) is 0 Å². The van der Waals surface area contributed by atoms with Crippen molar-refractivity contribution in [3.05, 3.63) is 61.2 Å². The van der Waals surface area contributed by atoms with E-state index in [0.29, 0.717) is 0 Å². The number of nitrogens with zero attached hydrogens (tertiary/aromatic N) is 2. The first-order chi connectivity index (χ1) is 6.47. The number of allylic oxidation sites excluding steroid dienone is 4. The van der Waals surface area contributed by atoms with Crippen LogP contribution in [0, 0.1) is 0 Å².